The second-order valence-corrected chi connectivity index (χ2v) is 6.81. The Balaban J connectivity index is 1.50. The molecule has 2 aliphatic rings. The smallest absolute Gasteiger partial charge is 0.249 e. The van der Waals surface area contributed by atoms with Crippen LogP contribution in [0.1, 0.15) is 32.6 Å². The van der Waals surface area contributed by atoms with E-state index in [1.165, 1.54) is 0 Å². The van der Waals surface area contributed by atoms with Gasteiger partial charge in [0.25, 0.3) is 0 Å². The standard InChI is InChI=1S/C17H22N6O2/c1-11(24)18-13-7-9-22(10-8-13)15-4-2-3-14-19-17(21-23(14)15)20-16(25)12-5-6-12/h2-4,12-13H,5-10H2,1H3,(H,18,24)(H,20,21,25). The van der Waals surface area contributed by atoms with Crippen molar-refractivity contribution in [2.24, 2.45) is 5.92 Å². The Kier molecular flexibility index (Phi) is 4.03. The van der Waals surface area contributed by atoms with E-state index in [2.05, 4.69) is 25.6 Å². The summed E-state index contributed by atoms with van der Waals surface area (Å²) in [4.78, 5) is 29.8. The predicted octanol–water partition coefficient (Wildman–Crippen LogP) is 1.18. The van der Waals surface area contributed by atoms with Crippen molar-refractivity contribution < 1.29 is 9.59 Å². The van der Waals surface area contributed by atoms with Gasteiger partial charge in [-0.3, -0.25) is 14.9 Å². The molecule has 0 atom stereocenters. The van der Waals surface area contributed by atoms with E-state index in [1.54, 1.807) is 11.4 Å². The van der Waals surface area contributed by atoms with Gasteiger partial charge in [-0.2, -0.15) is 9.50 Å². The number of anilines is 2. The molecule has 0 radical (unpaired) electrons. The summed E-state index contributed by atoms with van der Waals surface area (Å²) in [6.45, 7) is 3.24. The Labute approximate surface area is 145 Å². The molecule has 0 spiro atoms. The van der Waals surface area contributed by atoms with E-state index in [-0.39, 0.29) is 23.8 Å². The number of carbonyl (C=O) groups excluding carboxylic acids is 2. The van der Waals surface area contributed by atoms with Crippen molar-refractivity contribution >= 4 is 29.2 Å². The van der Waals surface area contributed by atoms with E-state index >= 15 is 0 Å². The van der Waals surface area contributed by atoms with Crippen LogP contribution in [0.5, 0.6) is 0 Å². The van der Waals surface area contributed by atoms with Crippen molar-refractivity contribution in [3.63, 3.8) is 0 Å². The Morgan fingerprint density at radius 1 is 1.16 bits per heavy atom. The summed E-state index contributed by atoms with van der Waals surface area (Å²) in [6.07, 6.45) is 3.70. The lowest BCUT2D eigenvalue weighted by Crippen LogP contribution is -2.44. The number of carbonyl (C=O) groups is 2. The van der Waals surface area contributed by atoms with Crippen LogP contribution in [0, 0.1) is 5.92 Å². The van der Waals surface area contributed by atoms with Crippen LogP contribution in [-0.2, 0) is 9.59 Å². The van der Waals surface area contributed by atoms with Crippen LogP contribution in [0.4, 0.5) is 11.8 Å². The lowest BCUT2D eigenvalue weighted by atomic mass is 10.1. The van der Waals surface area contributed by atoms with Gasteiger partial charge in [-0.15, -0.1) is 5.10 Å². The fraction of sp³-hybridized carbons (Fsp3) is 0.529. The summed E-state index contributed by atoms with van der Waals surface area (Å²) in [6, 6.07) is 6.07. The molecule has 0 unspecified atom stereocenters. The number of amides is 2. The highest BCUT2D eigenvalue weighted by molar-refractivity contribution is 5.92. The number of aromatic nitrogens is 3. The van der Waals surface area contributed by atoms with E-state index < -0.39 is 0 Å². The van der Waals surface area contributed by atoms with Crippen LogP contribution in [0.3, 0.4) is 0 Å². The minimum Gasteiger partial charge on any atom is -0.356 e. The zero-order chi connectivity index (χ0) is 17.4. The maximum atomic E-state index is 11.9. The molecular formula is C17H22N6O2. The van der Waals surface area contributed by atoms with Gasteiger partial charge in [-0.05, 0) is 37.8 Å². The third-order valence-corrected chi connectivity index (χ3v) is 4.75. The van der Waals surface area contributed by atoms with Crippen molar-refractivity contribution in [1.29, 1.82) is 0 Å². The third kappa shape index (κ3) is 3.42. The molecule has 1 saturated carbocycles. The Hall–Kier alpha value is -2.64. The molecule has 4 rings (SSSR count). The van der Waals surface area contributed by atoms with Gasteiger partial charge in [0, 0.05) is 32.0 Å². The molecule has 2 amide bonds. The molecule has 0 aromatic carbocycles. The highest BCUT2D eigenvalue weighted by atomic mass is 16.2. The lowest BCUT2D eigenvalue weighted by Gasteiger charge is -2.33. The average molecular weight is 342 g/mol. The molecule has 132 valence electrons. The summed E-state index contributed by atoms with van der Waals surface area (Å²) in [5.74, 6) is 1.47. The topological polar surface area (TPSA) is 91.6 Å². The zero-order valence-electron chi connectivity index (χ0n) is 14.2. The Bertz CT molecular complexity index is 805. The van der Waals surface area contributed by atoms with Crippen LogP contribution < -0.4 is 15.5 Å². The van der Waals surface area contributed by atoms with Crippen LogP contribution in [0.15, 0.2) is 18.2 Å². The van der Waals surface area contributed by atoms with Gasteiger partial charge in [0.2, 0.25) is 17.8 Å². The van der Waals surface area contributed by atoms with Gasteiger partial charge in [0.05, 0.1) is 0 Å². The molecule has 2 N–H and O–H groups in total. The first-order chi connectivity index (χ1) is 12.1. The molecular weight excluding hydrogens is 320 g/mol. The van der Waals surface area contributed by atoms with Crippen molar-refractivity contribution in [2.45, 2.75) is 38.6 Å². The Morgan fingerprint density at radius 2 is 1.92 bits per heavy atom. The first-order valence-electron chi connectivity index (χ1n) is 8.79. The largest absolute Gasteiger partial charge is 0.356 e. The highest BCUT2D eigenvalue weighted by Gasteiger charge is 2.30. The van der Waals surface area contributed by atoms with Crippen LogP contribution in [-0.4, -0.2) is 45.5 Å². The number of nitrogens with one attached hydrogen (secondary N) is 2. The van der Waals surface area contributed by atoms with Gasteiger partial charge >= 0.3 is 0 Å². The molecule has 1 aliphatic carbocycles. The zero-order valence-corrected chi connectivity index (χ0v) is 14.2. The van der Waals surface area contributed by atoms with Gasteiger partial charge in [0.15, 0.2) is 5.65 Å². The SMILES string of the molecule is CC(=O)NC1CCN(c2cccc3nc(NC(=O)C4CC4)nn23)CC1. The Morgan fingerprint density at radius 3 is 2.60 bits per heavy atom. The van der Waals surface area contributed by atoms with E-state index in [0.29, 0.717) is 11.6 Å². The second-order valence-electron chi connectivity index (χ2n) is 6.81. The normalized spacial score (nSPS) is 18.4. The molecule has 1 aliphatic heterocycles. The molecule has 25 heavy (non-hydrogen) atoms. The number of rotatable bonds is 4. The fourth-order valence-electron chi connectivity index (χ4n) is 3.28. The van der Waals surface area contributed by atoms with Crippen molar-refractivity contribution in [2.75, 3.05) is 23.3 Å². The molecule has 2 aromatic rings. The first-order valence-corrected chi connectivity index (χ1v) is 8.79. The average Bonchev–Trinajstić information content (AvgIpc) is 3.35. The number of hydrogen-bond donors (Lipinski definition) is 2. The maximum absolute atomic E-state index is 11.9. The maximum Gasteiger partial charge on any atom is 0.249 e. The quantitative estimate of drug-likeness (QED) is 0.871. The van der Waals surface area contributed by atoms with E-state index in [4.69, 9.17) is 0 Å². The number of nitrogens with zero attached hydrogens (tertiary/aromatic N) is 4. The predicted molar refractivity (Wildman–Crippen MR) is 93.4 cm³/mol. The summed E-state index contributed by atoms with van der Waals surface area (Å²) in [5, 5.41) is 10.3. The molecule has 2 aromatic heterocycles. The summed E-state index contributed by atoms with van der Waals surface area (Å²) < 4.78 is 1.78. The summed E-state index contributed by atoms with van der Waals surface area (Å²) in [5.41, 5.74) is 0.715. The third-order valence-electron chi connectivity index (χ3n) is 4.75. The van der Waals surface area contributed by atoms with Gasteiger partial charge in [-0.1, -0.05) is 6.07 Å². The van der Waals surface area contributed by atoms with Crippen molar-refractivity contribution in [3.05, 3.63) is 18.2 Å². The van der Waals surface area contributed by atoms with Gasteiger partial charge in [0.1, 0.15) is 5.82 Å². The van der Waals surface area contributed by atoms with Crippen LogP contribution >= 0.6 is 0 Å². The van der Waals surface area contributed by atoms with Crippen molar-refractivity contribution in [1.82, 2.24) is 19.9 Å². The highest BCUT2D eigenvalue weighted by Crippen LogP contribution is 2.30. The number of hydrogen-bond acceptors (Lipinski definition) is 5. The molecule has 0 bridgehead atoms. The van der Waals surface area contributed by atoms with Gasteiger partial charge < -0.3 is 10.2 Å². The molecule has 3 heterocycles. The monoisotopic (exact) mass is 342 g/mol. The van der Waals surface area contributed by atoms with Gasteiger partial charge in [-0.25, -0.2) is 0 Å². The summed E-state index contributed by atoms with van der Waals surface area (Å²) >= 11 is 0. The number of piperidine rings is 1. The molecule has 1 saturated heterocycles. The molecule has 8 nitrogen and oxygen atoms in total. The van der Waals surface area contributed by atoms with E-state index in [0.717, 1.165) is 44.6 Å². The summed E-state index contributed by atoms with van der Waals surface area (Å²) in [7, 11) is 0. The first kappa shape index (κ1) is 15.9. The lowest BCUT2D eigenvalue weighted by molar-refractivity contribution is -0.120. The number of fused-ring (bicyclic) bond motifs is 1. The fourth-order valence-corrected chi connectivity index (χ4v) is 3.28. The number of pyridine rings is 1. The minimum atomic E-state index is 0.00794. The van der Waals surface area contributed by atoms with E-state index in [1.807, 2.05) is 18.2 Å². The van der Waals surface area contributed by atoms with Crippen molar-refractivity contribution in [3.8, 4) is 0 Å². The molecule has 8 heteroatoms. The van der Waals surface area contributed by atoms with Crippen LogP contribution in [0.25, 0.3) is 5.65 Å². The second kappa shape index (κ2) is 6.34. The molecule has 2 fully saturated rings. The minimum absolute atomic E-state index is 0.00794. The van der Waals surface area contributed by atoms with Crippen LogP contribution in [0.2, 0.25) is 0 Å². The van der Waals surface area contributed by atoms with E-state index in [9.17, 15) is 9.59 Å².